The minimum absolute atomic E-state index is 0.173. The lowest BCUT2D eigenvalue weighted by Crippen LogP contribution is -2.41. The molecule has 0 amide bonds. The summed E-state index contributed by atoms with van der Waals surface area (Å²) in [5, 5.41) is 13.8. The second-order valence-electron chi connectivity index (χ2n) is 6.81. The Morgan fingerprint density at radius 2 is 1.96 bits per heavy atom. The number of aliphatic hydroxyl groups excluding tert-OH is 1. The Bertz CT molecular complexity index is 689. The number of nitrogens with one attached hydrogen (secondary N) is 1. The first kappa shape index (κ1) is 17.9. The van der Waals surface area contributed by atoms with Crippen molar-refractivity contribution in [2.24, 2.45) is 0 Å². The second kappa shape index (κ2) is 8.48. The van der Waals surface area contributed by atoms with Crippen molar-refractivity contribution in [2.45, 2.75) is 32.0 Å². The molecule has 2 atom stereocenters. The molecule has 4 heteroatoms. The highest BCUT2D eigenvalue weighted by Crippen LogP contribution is 2.20. The van der Waals surface area contributed by atoms with Crippen LogP contribution in [-0.2, 0) is 13.0 Å². The Morgan fingerprint density at radius 1 is 1.16 bits per heavy atom. The molecule has 4 nitrogen and oxygen atoms in total. The molecule has 3 rings (SSSR count). The summed E-state index contributed by atoms with van der Waals surface area (Å²) in [5.41, 5.74) is 4.00. The van der Waals surface area contributed by atoms with Gasteiger partial charge in [-0.25, -0.2) is 0 Å². The number of fused-ring (bicyclic) bond motifs is 1. The molecule has 0 bridgehead atoms. The predicted molar refractivity (Wildman–Crippen MR) is 101 cm³/mol. The van der Waals surface area contributed by atoms with E-state index in [1.807, 2.05) is 18.2 Å². The molecule has 1 aliphatic rings. The first-order chi connectivity index (χ1) is 12.2. The van der Waals surface area contributed by atoms with E-state index in [2.05, 4.69) is 47.5 Å². The summed E-state index contributed by atoms with van der Waals surface area (Å²) in [5.74, 6) is 0.860. The van der Waals surface area contributed by atoms with Crippen molar-refractivity contribution in [3.05, 3.63) is 65.2 Å². The van der Waals surface area contributed by atoms with Crippen molar-refractivity contribution >= 4 is 0 Å². The van der Waals surface area contributed by atoms with Crippen LogP contribution in [0.25, 0.3) is 0 Å². The number of ether oxygens (including phenoxy) is 1. The van der Waals surface area contributed by atoms with E-state index in [9.17, 15) is 5.11 Å². The highest BCUT2D eigenvalue weighted by atomic mass is 16.5. The summed E-state index contributed by atoms with van der Waals surface area (Å²) in [7, 11) is 1.68. The molecule has 0 fully saturated rings. The summed E-state index contributed by atoms with van der Waals surface area (Å²) >= 11 is 0. The molecule has 25 heavy (non-hydrogen) atoms. The molecule has 0 spiro atoms. The van der Waals surface area contributed by atoms with Crippen molar-refractivity contribution < 1.29 is 9.84 Å². The molecule has 134 valence electrons. The van der Waals surface area contributed by atoms with E-state index in [1.54, 1.807) is 7.11 Å². The van der Waals surface area contributed by atoms with Gasteiger partial charge in [0.2, 0.25) is 0 Å². The summed E-state index contributed by atoms with van der Waals surface area (Å²) in [4.78, 5) is 2.34. The van der Waals surface area contributed by atoms with Gasteiger partial charge >= 0.3 is 0 Å². The van der Waals surface area contributed by atoms with E-state index in [-0.39, 0.29) is 12.1 Å². The molecule has 1 aliphatic heterocycles. The summed E-state index contributed by atoms with van der Waals surface area (Å²) < 4.78 is 5.28. The van der Waals surface area contributed by atoms with Gasteiger partial charge < -0.3 is 15.2 Å². The van der Waals surface area contributed by atoms with Crippen molar-refractivity contribution in [1.82, 2.24) is 10.2 Å². The number of methoxy groups -OCH3 is 1. The number of β-amino-alcohol motifs (C(OH)–C–C–N with tert-alkyl or cyclic N) is 1. The topological polar surface area (TPSA) is 44.7 Å². The third-order valence-corrected chi connectivity index (χ3v) is 4.93. The molecule has 1 heterocycles. The standard InChI is InChI=1S/C21H28N2O2/c1-16(18-8-5-9-21(12-18)25-2)22-13-20(24)15-23-11-10-17-6-3-4-7-19(17)14-23/h3-9,12,16,20,22,24H,10-11,13-15H2,1-2H3. The van der Waals surface area contributed by atoms with Crippen molar-refractivity contribution in [3.63, 3.8) is 0 Å². The molecule has 2 aromatic rings. The third kappa shape index (κ3) is 4.82. The normalized spacial score (nSPS) is 16.9. The Kier molecular flexibility index (Phi) is 6.08. The molecular weight excluding hydrogens is 312 g/mol. The van der Waals surface area contributed by atoms with Crippen LogP contribution < -0.4 is 10.1 Å². The average Bonchev–Trinajstić information content (AvgIpc) is 2.66. The number of nitrogens with zero attached hydrogens (tertiary/aromatic N) is 1. The second-order valence-corrected chi connectivity index (χ2v) is 6.81. The van der Waals surface area contributed by atoms with Crippen LogP contribution in [0.15, 0.2) is 48.5 Å². The fourth-order valence-electron chi connectivity index (χ4n) is 3.41. The maximum absolute atomic E-state index is 10.4. The number of aliphatic hydroxyl groups is 1. The Hall–Kier alpha value is -1.88. The highest BCUT2D eigenvalue weighted by Gasteiger charge is 2.18. The molecular formula is C21H28N2O2. The van der Waals surface area contributed by atoms with Gasteiger partial charge in [0.15, 0.2) is 0 Å². The minimum Gasteiger partial charge on any atom is -0.497 e. The van der Waals surface area contributed by atoms with Crippen LogP contribution in [0.5, 0.6) is 5.75 Å². The predicted octanol–water partition coefficient (Wildman–Crippen LogP) is 2.77. The van der Waals surface area contributed by atoms with E-state index in [0.717, 1.165) is 25.3 Å². The SMILES string of the molecule is COc1cccc(C(C)NCC(O)CN2CCc3ccccc3C2)c1. The van der Waals surface area contributed by atoms with E-state index in [4.69, 9.17) is 4.74 Å². The maximum Gasteiger partial charge on any atom is 0.119 e. The largest absolute Gasteiger partial charge is 0.497 e. The lowest BCUT2D eigenvalue weighted by atomic mass is 10.00. The van der Waals surface area contributed by atoms with Gasteiger partial charge in [-0.05, 0) is 42.2 Å². The van der Waals surface area contributed by atoms with E-state index in [0.29, 0.717) is 13.1 Å². The number of hydrogen-bond acceptors (Lipinski definition) is 4. The third-order valence-electron chi connectivity index (χ3n) is 4.93. The average molecular weight is 340 g/mol. The molecule has 0 saturated carbocycles. The van der Waals surface area contributed by atoms with Crippen LogP contribution in [0, 0.1) is 0 Å². The van der Waals surface area contributed by atoms with Crippen LogP contribution >= 0.6 is 0 Å². The Balaban J connectivity index is 1.47. The van der Waals surface area contributed by atoms with Crippen LogP contribution in [0.4, 0.5) is 0 Å². The summed E-state index contributed by atoms with van der Waals surface area (Å²) in [6.07, 6.45) is 0.689. The Morgan fingerprint density at radius 3 is 2.76 bits per heavy atom. The molecule has 0 radical (unpaired) electrons. The first-order valence-electron chi connectivity index (χ1n) is 9.00. The summed E-state index contributed by atoms with van der Waals surface area (Å²) in [6.45, 7) is 5.33. The molecule has 0 saturated heterocycles. The van der Waals surface area contributed by atoms with Crippen LogP contribution in [0.2, 0.25) is 0 Å². The number of benzene rings is 2. The van der Waals surface area contributed by atoms with E-state index >= 15 is 0 Å². The highest BCUT2D eigenvalue weighted by molar-refractivity contribution is 5.30. The zero-order valence-electron chi connectivity index (χ0n) is 15.1. The quantitative estimate of drug-likeness (QED) is 0.813. The molecule has 0 aromatic heterocycles. The van der Waals surface area contributed by atoms with E-state index in [1.165, 1.54) is 16.7 Å². The zero-order valence-corrected chi connectivity index (χ0v) is 15.1. The van der Waals surface area contributed by atoms with Gasteiger partial charge in [-0.3, -0.25) is 4.90 Å². The summed E-state index contributed by atoms with van der Waals surface area (Å²) in [6, 6.07) is 16.8. The van der Waals surface area contributed by atoms with E-state index < -0.39 is 0 Å². The zero-order chi connectivity index (χ0) is 17.6. The monoisotopic (exact) mass is 340 g/mol. The van der Waals surface area contributed by atoms with Crippen molar-refractivity contribution in [1.29, 1.82) is 0 Å². The smallest absolute Gasteiger partial charge is 0.119 e. The van der Waals surface area contributed by atoms with Gasteiger partial charge in [-0.2, -0.15) is 0 Å². The lowest BCUT2D eigenvalue weighted by Gasteiger charge is -2.30. The van der Waals surface area contributed by atoms with Gasteiger partial charge in [0.1, 0.15) is 5.75 Å². The Labute approximate surface area is 150 Å². The van der Waals surface area contributed by atoms with Crippen LogP contribution in [0.1, 0.15) is 29.7 Å². The van der Waals surface area contributed by atoms with Gasteiger partial charge in [0.25, 0.3) is 0 Å². The van der Waals surface area contributed by atoms with Crippen LogP contribution in [0.3, 0.4) is 0 Å². The lowest BCUT2D eigenvalue weighted by molar-refractivity contribution is 0.102. The molecule has 0 aliphatic carbocycles. The fraction of sp³-hybridized carbons (Fsp3) is 0.429. The van der Waals surface area contributed by atoms with Gasteiger partial charge in [0.05, 0.1) is 13.2 Å². The molecule has 2 N–H and O–H groups in total. The van der Waals surface area contributed by atoms with Gasteiger partial charge in [0, 0.05) is 32.2 Å². The fourth-order valence-corrected chi connectivity index (χ4v) is 3.41. The minimum atomic E-state index is -0.377. The number of hydrogen-bond donors (Lipinski definition) is 2. The molecule has 2 unspecified atom stereocenters. The van der Waals surface area contributed by atoms with Crippen LogP contribution in [-0.4, -0.2) is 42.9 Å². The van der Waals surface area contributed by atoms with Gasteiger partial charge in [-0.15, -0.1) is 0 Å². The number of rotatable bonds is 7. The van der Waals surface area contributed by atoms with Crippen molar-refractivity contribution in [3.8, 4) is 5.75 Å². The van der Waals surface area contributed by atoms with Gasteiger partial charge in [-0.1, -0.05) is 36.4 Å². The first-order valence-corrected chi connectivity index (χ1v) is 9.00. The maximum atomic E-state index is 10.4. The molecule has 2 aromatic carbocycles. The van der Waals surface area contributed by atoms with Crippen molar-refractivity contribution in [2.75, 3.05) is 26.7 Å².